The summed E-state index contributed by atoms with van der Waals surface area (Å²) in [6, 6.07) is 16.2. The van der Waals surface area contributed by atoms with Crippen molar-refractivity contribution in [1.29, 1.82) is 0 Å². The fraction of sp³-hybridized carbons (Fsp3) is 0.370. The van der Waals surface area contributed by atoms with Gasteiger partial charge in [0.2, 0.25) is 11.8 Å². The standard InChI is InChI=1S/C27H32N6O2/c1-3-32(4-2)15-17-35-26-14-12-22(19-28-26)29-27-30-25-10-7-9-23(33(25)31-27)20-11-13-24-21(18-20)8-5-6-16-34-24/h7,9-14,18-19H,3-6,8,15-17H2,1-2H3,(H,29,31). The van der Waals surface area contributed by atoms with Gasteiger partial charge in [0.25, 0.3) is 0 Å². The van der Waals surface area contributed by atoms with Crippen LogP contribution in [0.4, 0.5) is 11.6 Å². The maximum Gasteiger partial charge on any atom is 0.247 e. The maximum absolute atomic E-state index is 5.89. The van der Waals surface area contributed by atoms with Crippen molar-refractivity contribution in [2.45, 2.75) is 33.1 Å². The molecule has 4 aromatic rings. The molecule has 1 aliphatic rings. The van der Waals surface area contributed by atoms with Crippen LogP contribution < -0.4 is 14.8 Å². The SMILES string of the molecule is CCN(CC)CCOc1ccc(Nc2nc3cccc(-c4ccc5c(c4)CCCCO5)n3n2)cn1. The highest BCUT2D eigenvalue weighted by atomic mass is 16.5. The van der Waals surface area contributed by atoms with E-state index in [0.29, 0.717) is 18.4 Å². The van der Waals surface area contributed by atoms with Crippen molar-refractivity contribution in [1.82, 2.24) is 24.5 Å². The van der Waals surface area contributed by atoms with Gasteiger partial charge >= 0.3 is 0 Å². The second-order valence-electron chi connectivity index (χ2n) is 8.63. The van der Waals surface area contributed by atoms with Gasteiger partial charge in [-0.1, -0.05) is 19.9 Å². The lowest BCUT2D eigenvalue weighted by molar-refractivity contribution is 0.218. The normalized spacial score (nSPS) is 13.3. The highest BCUT2D eigenvalue weighted by molar-refractivity contribution is 5.66. The lowest BCUT2D eigenvalue weighted by Gasteiger charge is -2.17. The molecule has 0 saturated heterocycles. The minimum atomic E-state index is 0.521. The Morgan fingerprint density at radius 3 is 2.83 bits per heavy atom. The summed E-state index contributed by atoms with van der Waals surface area (Å²) in [5.74, 6) is 2.13. The number of benzene rings is 1. The van der Waals surface area contributed by atoms with Crippen LogP contribution in [0.2, 0.25) is 0 Å². The number of hydrogen-bond donors (Lipinski definition) is 1. The summed E-state index contributed by atoms with van der Waals surface area (Å²) in [6.45, 7) is 8.64. The molecule has 4 heterocycles. The maximum atomic E-state index is 5.89. The zero-order valence-corrected chi connectivity index (χ0v) is 20.4. The molecule has 0 saturated carbocycles. The predicted octanol–water partition coefficient (Wildman–Crippen LogP) is 4.97. The number of likely N-dealkylation sites (N-methyl/N-ethyl adjacent to an activating group) is 1. The van der Waals surface area contributed by atoms with Gasteiger partial charge in [-0.15, -0.1) is 5.10 Å². The highest BCUT2D eigenvalue weighted by Crippen LogP contribution is 2.30. The van der Waals surface area contributed by atoms with Gasteiger partial charge in [-0.3, -0.25) is 0 Å². The number of aryl methyl sites for hydroxylation is 1. The molecule has 0 atom stereocenters. The smallest absolute Gasteiger partial charge is 0.247 e. The first-order valence-corrected chi connectivity index (χ1v) is 12.4. The number of anilines is 2. The Hall–Kier alpha value is -3.65. The Balaban J connectivity index is 1.30. The van der Waals surface area contributed by atoms with Gasteiger partial charge in [0.1, 0.15) is 12.4 Å². The largest absolute Gasteiger partial charge is 0.493 e. The third-order valence-corrected chi connectivity index (χ3v) is 6.36. The molecule has 8 nitrogen and oxygen atoms in total. The number of pyridine rings is 2. The van der Waals surface area contributed by atoms with Crippen molar-refractivity contribution in [2.75, 3.05) is 38.2 Å². The van der Waals surface area contributed by atoms with Crippen molar-refractivity contribution in [3.8, 4) is 22.9 Å². The van der Waals surface area contributed by atoms with Gasteiger partial charge in [0.15, 0.2) is 5.65 Å². The van der Waals surface area contributed by atoms with Gasteiger partial charge in [0.05, 0.1) is 24.2 Å². The monoisotopic (exact) mass is 472 g/mol. The fourth-order valence-corrected chi connectivity index (χ4v) is 4.34. The van der Waals surface area contributed by atoms with E-state index in [9.17, 15) is 0 Å². The van der Waals surface area contributed by atoms with E-state index >= 15 is 0 Å². The van der Waals surface area contributed by atoms with Gasteiger partial charge in [-0.25, -0.2) is 9.50 Å². The van der Waals surface area contributed by atoms with Crippen LogP contribution in [0.25, 0.3) is 16.9 Å². The van der Waals surface area contributed by atoms with E-state index in [1.807, 2.05) is 28.8 Å². The van der Waals surface area contributed by atoms with Crippen molar-refractivity contribution in [2.24, 2.45) is 0 Å². The molecule has 35 heavy (non-hydrogen) atoms. The first-order valence-electron chi connectivity index (χ1n) is 12.4. The zero-order valence-electron chi connectivity index (χ0n) is 20.4. The average Bonchev–Trinajstić information content (AvgIpc) is 3.15. The second kappa shape index (κ2) is 10.7. The molecule has 0 fully saturated rings. The summed E-state index contributed by atoms with van der Waals surface area (Å²) in [6.07, 6.45) is 5.01. The summed E-state index contributed by atoms with van der Waals surface area (Å²) in [5, 5.41) is 7.98. The summed E-state index contributed by atoms with van der Waals surface area (Å²) in [4.78, 5) is 11.4. The lowest BCUT2D eigenvalue weighted by atomic mass is 10.0. The predicted molar refractivity (Wildman–Crippen MR) is 138 cm³/mol. The first kappa shape index (κ1) is 23.1. The Bertz CT molecular complexity index is 1270. The molecular formula is C27H32N6O2. The number of nitrogens with one attached hydrogen (secondary N) is 1. The number of fused-ring (bicyclic) bond motifs is 2. The van der Waals surface area contributed by atoms with Crippen LogP contribution in [0.3, 0.4) is 0 Å². The number of aromatic nitrogens is 4. The average molecular weight is 473 g/mol. The Morgan fingerprint density at radius 2 is 2.00 bits per heavy atom. The molecule has 0 bridgehead atoms. The minimum Gasteiger partial charge on any atom is -0.493 e. The zero-order chi connectivity index (χ0) is 24.0. The molecule has 1 aromatic carbocycles. The van der Waals surface area contributed by atoms with E-state index in [2.05, 4.69) is 58.3 Å². The molecule has 0 radical (unpaired) electrons. The highest BCUT2D eigenvalue weighted by Gasteiger charge is 2.14. The van der Waals surface area contributed by atoms with E-state index in [1.54, 1.807) is 6.20 Å². The van der Waals surface area contributed by atoms with Crippen LogP contribution in [0.15, 0.2) is 54.7 Å². The van der Waals surface area contributed by atoms with Crippen molar-refractivity contribution in [3.63, 3.8) is 0 Å². The summed E-state index contributed by atoms with van der Waals surface area (Å²) in [5.41, 5.74) is 4.93. The topological polar surface area (TPSA) is 76.8 Å². The van der Waals surface area contributed by atoms with E-state index in [4.69, 9.17) is 14.6 Å². The van der Waals surface area contributed by atoms with Crippen LogP contribution in [0.5, 0.6) is 11.6 Å². The van der Waals surface area contributed by atoms with Gasteiger partial charge in [-0.2, -0.15) is 4.98 Å². The van der Waals surface area contributed by atoms with Gasteiger partial charge in [0, 0.05) is 18.2 Å². The molecule has 182 valence electrons. The van der Waals surface area contributed by atoms with Crippen LogP contribution in [0, 0.1) is 0 Å². The fourth-order valence-electron chi connectivity index (χ4n) is 4.34. The number of ether oxygens (including phenoxy) is 2. The molecule has 3 aromatic heterocycles. The molecule has 0 unspecified atom stereocenters. The number of rotatable bonds is 9. The Kier molecular flexibility index (Phi) is 7.09. The molecular weight excluding hydrogens is 440 g/mol. The summed E-state index contributed by atoms with van der Waals surface area (Å²) in [7, 11) is 0. The number of hydrogen-bond acceptors (Lipinski definition) is 7. The molecule has 0 spiro atoms. The second-order valence-corrected chi connectivity index (χ2v) is 8.63. The van der Waals surface area contributed by atoms with Crippen molar-refractivity contribution < 1.29 is 9.47 Å². The van der Waals surface area contributed by atoms with E-state index in [0.717, 1.165) is 73.8 Å². The molecule has 5 rings (SSSR count). The quantitative estimate of drug-likeness (QED) is 0.368. The van der Waals surface area contributed by atoms with Crippen LogP contribution in [0.1, 0.15) is 32.3 Å². The van der Waals surface area contributed by atoms with E-state index < -0.39 is 0 Å². The molecule has 0 aliphatic carbocycles. The summed E-state index contributed by atoms with van der Waals surface area (Å²) < 4.78 is 13.5. The summed E-state index contributed by atoms with van der Waals surface area (Å²) >= 11 is 0. The lowest BCUT2D eigenvalue weighted by Crippen LogP contribution is -2.28. The van der Waals surface area contributed by atoms with Crippen molar-refractivity contribution in [3.05, 3.63) is 60.3 Å². The van der Waals surface area contributed by atoms with Crippen LogP contribution >= 0.6 is 0 Å². The van der Waals surface area contributed by atoms with E-state index in [1.165, 1.54) is 5.56 Å². The minimum absolute atomic E-state index is 0.521. The Morgan fingerprint density at radius 1 is 1.09 bits per heavy atom. The van der Waals surface area contributed by atoms with Crippen LogP contribution in [-0.2, 0) is 6.42 Å². The third-order valence-electron chi connectivity index (χ3n) is 6.36. The molecule has 8 heteroatoms. The molecule has 1 aliphatic heterocycles. The van der Waals surface area contributed by atoms with Crippen LogP contribution in [-0.4, -0.2) is 57.3 Å². The first-order chi connectivity index (χ1) is 17.2. The number of nitrogens with zero attached hydrogens (tertiary/aromatic N) is 5. The van der Waals surface area contributed by atoms with Crippen molar-refractivity contribution >= 4 is 17.3 Å². The van der Waals surface area contributed by atoms with E-state index in [-0.39, 0.29) is 0 Å². The van der Waals surface area contributed by atoms with Gasteiger partial charge in [-0.05, 0) is 74.3 Å². The molecule has 0 amide bonds. The molecule has 1 N–H and O–H groups in total. The Labute approximate surface area is 205 Å². The third kappa shape index (κ3) is 5.38. The van der Waals surface area contributed by atoms with Gasteiger partial charge < -0.3 is 19.7 Å².